The molecule has 0 radical (unpaired) electrons. The number of hydrogen-bond donors (Lipinski definition) is 1. The third kappa shape index (κ3) is 1.48. The highest BCUT2D eigenvalue weighted by Crippen LogP contribution is 2.38. The third-order valence-electron chi connectivity index (χ3n) is 1.84. The summed E-state index contributed by atoms with van der Waals surface area (Å²) < 4.78 is 10.5. The molecule has 1 aliphatic rings. The smallest absolute Gasteiger partial charge is 0.335 e. The SMILES string of the molecule is O=C(O)c1cc(Cl)c2c(c1)OCCO2. The van der Waals surface area contributed by atoms with Crippen molar-refractivity contribution in [3.05, 3.63) is 22.7 Å². The lowest BCUT2D eigenvalue weighted by Crippen LogP contribution is -2.16. The van der Waals surface area contributed by atoms with Crippen molar-refractivity contribution in [2.75, 3.05) is 13.2 Å². The molecular weight excluding hydrogens is 208 g/mol. The number of carboxylic acids is 1. The van der Waals surface area contributed by atoms with Crippen molar-refractivity contribution in [1.29, 1.82) is 0 Å². The van der Waals surface area contributed by atoms with Gasteiger partial charge in [-0.25, -0.2) is 4.79 Å². The minimum Gasteiger partial charge on any atom is -0.486 e. The van der Waals surface area contributed by atoms with Gasteiger partial charge in [-0.3, -0.25) is 0 Å². The van der Waals surface area contributed by atoms with E-state index in [1.54, 1.807) is 0 Å². The lowest BCUT2D eigenvalue weighted by molar-refractivity contribution is 0.0695. The molecule has 0 unspecified atom stereocenters. The molecule has 0 bridgehead atoms. The number of fused-ring (bicyclic) bond motifs is 1. The van der Waals surface area contributed by atoms with E-state index in [0.29, 0.717) is 24.7 Å². The molecule has 1 heterocycles. The van der Waals surface area contributed by atoms with Crippen LogP contribution in [-0.4, -0.2) is 24.3 Å². The zero-order valence-corrected chi connectivity index (χ0v) is 7.87. The molecule has 1 aliphatic heterocycles. The van der Waals surface area contributed by atoms with E-state index < -0.39 is 5.97 Å². The highest BCUT2D eigenvalue weighted by Gasteiger charge is 2.18. The number of carboxylic acid groups (broad SMARTS) is 1. The van der Waals surface area contributed by atoms with E-state index in [9.17, 15) is 4.79 Å². The second-order valence-electron chi connectivity index (χ2n) is 2.79. The topological polar surface area (TPSA) is 55.8 Å². The number of benzene rings is 1. The first-order chi connectivity index (χ1) is 6.68. The van der Waals surface area contributed by atoms with E-state index in [2.05, 4.69) is 0 Å². The molecule has 1 aromatic carbocycles. The van der Waals surface area contributed by atoms with Crippen LogP contribution in [0.1, 0.15) is 10.4 Å². The Hall–Kier alpha value is -1.42. The van der Waals surface area contributed by atoms with Crippen LogP contribution in [0.2, 0.25) is 5.02 Å². The van der Waals surface area contributed by atoms with Crippen LogP contribution in [0.25, 0.3) is 0 Å². The van der Waals surface area contributed by atoms with Crippen LogP contribution in [0.3, 0.4) is 0 Å². The molecule has 4 nitrogen and oxygen atoms in total. The maximum atomic E-state index is 10.7. The van der Waals surface area contributed by atoms with Gasteiger partial charge < -0.3 is 14.6 Å². The van der Waals surface area contributed by atoms with Crippen LogP contribution in [0.5, 0.6) is 11.5 Å². The fourth-order valence-electron chi connectivity index (χ4n) is 1.23. The summed E-state index contributed by atoms with van der Waals surface area (Å²) in [6.45, 7) is 0.839. The second-order valence-corrected chi connectivity index (χ2v) is 3.19. The van der Waals surface area contributed by atoms with E-state index in [0.717, 1.165) is 0 Å². The van der Waals surface area contributed by atoms with E-state index in [1.165, 1.54) is 12.1 Å². The van der Waals surface area contributed by atoms with Gasteiger partial charge in [-0.15, -0.1) is 0 Å². The van der Waals surface area contributed by atoms with Crippen LogP contribution in [0.4, 0.5) is 0 Å². The molecule has 1 N–H and O–H groups in total. The molecule has 0 saturated heterocycles. The van der Waals surface area contributed by atoms with Crippen molar-refractivity contribution < 1.29 is 19.4 Å². The summed E-state index contributed by atoms with van der Waals surface area (Å²) in [7, 11) is 0. The van der Waals surface area contributed by atoms with Gasteiger partial charge >= 0.3 is 5.97 Å². The maximum Gasteiger partial charge on any atom is 0.335 e. The predicted molar refractivity (Wildman–Crippen MR) is 49.4 cm³/mol. The van der Waals surface area contributed by atoms with E-state index >= 15 is 0 Å². The second kappa shape index (κ2) is 3.38. The summed E-state index contributed by atoms with van der Waals surface area (Å²) in [6.07, 6.45) is 0. The minimum absolute atomic E-state index is 0.0965. The third-order valence-corrected chi connectivity index (χ3v) is 2.12. The Morgan fingerprint density at radius 1 is 1.36 bits per heavy atom. The standard InChI is InChI=1S/C9H7ClO4/c10-6-3-5(9(11)12)4-7-8(6)14-2-1-13-7/h3-4H,1-2H2,(H,11,12). The molecule has 0 amide bonds. The number of rotatable bonds is 1. The molecule has 0 fully saturated rings. The molecular formula is C9H7ClO4. The predicted octanol–water partition coefficient (Wildman–Crippen LogP) is 1.81. The first-order valence-corrected chi connectivity index (χ1v) is 4.38. The number of aromatic carboxylic acids is 1. The first kappa shape index (κ1) is 9.15. The Bertz CT molecular complexity index is 389. The summed E-state index contributed by atoms with van der Waals surface area (Å²) in [5.41, 5.74) is 0.0965. The van der Waals surface area contributed by atoms with Crippen LogP contribution >= 0.6 is 11.6 Å². The summed E-state index contributed by atoms with van der Waals surface area (Å²) in [6, 6.07) is 2.75. The van der Waals surface area contributed by atoms with Gasteiger partial charge in [0.05, 0.1) is 10.6 Å². The van der Waals surface area contributed by atoms with Crippen LogP contribution < -0.4 is 9.47 Å². The van der Waals surface area contributed by atoms with Gasteiger partial charge in [-0.2, -0.15) is 0 Å². The van der Waals surface area contributed by atoms with Gasteiger partial charge in [0.15, 0.2) is 11.5 Å². The molecule has 0 saturated carbocycles. The van der Waals surface area contributed by atoms with Crippen LogP contribution in [-0.2, 0) is 0 Å². The molecule has 14 heavy (non-hydrogen) atoms. The van der Waals surface area contributed by atoms with Crippen LogP contribution in [0, 0.1) is 0 Å². The Morgan fingerprint density at radius 3 is 2.79 bits per heavy atom. The molecule has 0 aliphatic carbocycles. The quantitative estimate of drug-likeness (QED) is 0.775. The molecule has 0 atom stereocenters. The lowest BCUT2D eigenvalue weighted by Gasteiger charge is -2.19. The van der Waals surface area contributed by atoms with E-state index in [-0.39, 0.29) is 10.6 Å². The summed E-state index contributed by atoms with van der Waals surface area (Å²) >= 11 is 5.82. The largest absolute Gasteiger partial charge is 0.486 e. The number of carbonyl (C=O) groups is 1. The fourth-order valence-corrected chi connectivity index (χ4v) is 1.50. The Morgan fingerprint density at radius 2 is 2.07 bits per heavy atom. The molecule has 0 aromatic heterocycles. The van der Waals surface area contributed by atoms with Crippen molar-refractivity contribution >= 4 is 17.6 Å². The van der Waals surface area contributed by atoms with Crippen molar-refractivity contribution in [3.8, 4) is 11.5 Å². The Kier molecular flexibility index (Phi) is 2.21. The zero-order chi connectivity index (χ0) is 10.1. The minimum atomic E-state index is -1.04. The number of hydrogen-bond acceptors (Lipinski definition) is 3. The van der Waals surface area contributed by atoms with Crippen molar-refractivity contribution in [3.63, 3.8) is 0 Å². The molecule has 1 aromatic rings. The van der Waals surface area contributed by atoms with Gasteiger partial charge in [-0.05, 0) is 12.1 Å². The van der Waals surface area contributed by atoms with Gasteiger partial charge in [0, 0.05) is 0 Å². The van der Waals surface area contributed by atoms with Crippen molar-refractivity contribution in [2.24, 2.45) is 0 Å². The molecule has 74 valence electrons. The highest BCUT2D eigenvalue weighted by atomic mass is 35.5. The average molecular weight is 215 g/mol. The van der Waals surface area contributed by atoms with Gasteiger partial charge in [0.2, 0.25) is 0 Å². The summed E-state index contributed by atoms with van der Waals surface area (Å²) in [5, 5.41) is 9.02. The molecule has 5 heteroatoms. The number of halogens is 1. The highest BCUT2D eigenvalue weighted by molar-refractivity contribution is 6.32. The summed E-state index contributed by atoms with van der Waals surface area (Å²) in [4.78, 5) is 10.7. The Balaban J connectivity index is 2.51. The first-order valence-electron chi connectivity index (χ1n) is 4.01. The van der Waals surface area contributed by atoms with E-state index in [4.69, 9.17) is 26.2 Å². The summed E-state index contributed by atoms with van der Waals surface area (Å²) in [5.74, 6) is -0.229. The van der Waals surface area contributed by atoms with Crippen molar-refractivity contribution in [2.45, 2.75) is 0 Å². The van der Waals surface area contributed by atoms with E-state index in [1.807, 2.05) is 0 Å². The molecule has 2 rings (SSSR count). The van der Waals surface area contributed by atoms with Gasteiger partial charge in [0.1, 0.15) is 13.2 Å². The average Bonchev–Trinajstić information content (AvgIpc) is 2.17. The lowest BCUT2D eigenvalue weighted by atomic mass is 10.2. The normalized spacial score (nSPS) is 13.8. The number of ether oxygens (including phenoxy) is 2. The van der Waals surface area contributed by atoms with Crippen LogP contribution in [0.15, 0.2) is 12.1 Å². The maximum absolute atomic E-state index is 10.7. The zero-order valence-electron chi connectivity index (χ0n) is 7.12. The monoisotopic (exact) mass is 214 g/mol. The Labute approximate surface area is 85.0 Å². The fraction of sp³-hybridized carbons (Fsp3) is 0.222. The molecule has 0 spiro atoms. The van der Waals surface area contributed by atoms with Gasteiger partial charge in [-0.1, -0.05) is 11.6 Å². The van der Waals surface area contributed by atoms with Gasteiger partial charge in [0.25, 0.3) is 0 Å². The van der Waals surface area contributed by atoms with Crippen molar-refractivity contribution in [1.82, 2.24) is 0 Å².